The average molecular weight is 376 g/mol. The second-order valence-electron chi connectivity index (χ2n) is 7.10. The van der Waals surface area contributed by atoms with Crippen LogP contribution in [0.15, 0.2) is 34.2 Å². The second-order valence-corrected chi connectivity index (χ2v) is 8.04. The summed E-state index contributed by atoms with van der Waals surface area (Å²) in [7, 11) is 0. The minimum Gasteiger partial charge on any atom is -0.353 e. The van der Waals surface area contributed by atoms with Crippen LogP contribution in [0.1, 0.15) is 47.0 Å². The number of hydrogen-bond acceptors (Lipinski definition) is 4. The number of amides is 1. The van der Waals surface area contributed by atoms with Crippen LogP contribution in [-0.4, -0.2) is 27.3 Å². The summed E-state index contributed by atoms with van der Waals surface area (Å²) in [6.07, 6.45) is 2.91. The summed E-state index contributed by atoms with van der Waals surface area (Å²) in [4.78, 5) is 29.6. The molecule has 2 rings (SSSR count). The number of fused-ring (bicyclic) bond motifs is 1. The molecule has 1 heterocycles. The van der Waals surface area contributed by atoms with E-state index in [0.29, 0.717) is 28.5 Å². The Bertz CT molecular complexity index is 801. The fourth-order valence-corrected chi connectivity index (χ4v) is 3.62. The van der Waals surface area contributed by atoms with E-state index >= 15 is 0 Å². The van der Waals surface area contributed by atoms with Crippen molar-refractivity contribution in [3.63, 3.8) is 0 Å². The Balaban J connectivity index is 2.08. The monoisotopic (exact) mass is 375 g/mol. The Hall–Kier alpha value is -1.82. The Morgan fingerprint density at radius 2 is 1.96 bits per heavy atom. The van der Waals surface area contributed by atoms with Crippen molar-refractivity contribution in [1.82, 2.24) is 14.9 Å². The highest BCUT2D eigenvalue weighted by Gasteiger charge is 2.14. The minimum atomic E-state index is -0.0364. The number of hydrogen-bond donors (Lipinski definition) is 1. The average Bonchev–Trinajstić information content (AvgIpc) is 2.61. The van der Waals surface area contributed by atoms with E-state index in [4.69, 9.17) is 0 Å². The molecule has 0 radical (unpaired) electrons. The largest absolute Gasteiger partial charge is 0.353 e. The maximum absolute atomic E-state index is 12.7. The van der Waals surface area contributed by atoms with Gasteiger partial charge in [0.1, 0.15) is 0 Å². The van der Waals surface area contributed by atoms with Crippen molar-refractivity contribution in [3.8, 4) is 0 Å². The first-order chi connectivity index (χ1) is 12.4. The van der Waals surface area contributed by atoms with Gasteiger partial charge in [-0.25, -0.2) is 4.98 Å². The molecule has 0 aliphatic carbocycles. The molecule has 0 fully saturated rings. The van der Waals surface area contributed by atoms with Crippen molar-refractivity contribution in [2.24, 2.45) is 5.92 Å². The van der Waals surface area contributed by atoms with E-state index in [1.807, 2.05) is 32.0 Å². The molecule has 0 aliphatic rings. The van der Waals surface area contributed by atoms with Crippen molar-refractivity contribution < 1.29 is 4.79 Å². The standard InChI is InChI=1S/C20H29N3O2S/c1-5-12-23-19(25)16-8-6-7-9-17(16)22-20(23)26-13-18(24)21-15(4)11-10-14(2)3/h6-9,14-15H,5,10-13H2,1-4H3,(H,21,24)/t15-/m1/s1. The molecule has 1 amide bonds. The van der Waals surface area contributed by atoms with Gasteiger partial charge in [0.2, 0.25) is 5.91 Å². The molecule has 2 aromatic rings. The van der Waals surface area contributed by atoms with E-state index in [1.165, 1.54) is 11.8 Å². The number of benzene rings is 1. The fraction of sp³-hybridized carbons (Fsp3) is 0.550. The Labute approximate surface area is 159 Å². The highest BCUT2D eigenvalue weighted by atomic mass is 32.2. The highest BCUT2D eigenvalue weighted by Crippen LogP contribution is 2.18. The molecular formula is C20H29N3O2S. The molecule has 0 saturated carbocycles. The fourth-order valence-electron chi connectivity index (χ4n) is 2.78. The first-order valence-electron chi connectivity index (χ1n) is 9.34. The van der Waals surface area contributed by atoms with Crippen LogP contribution in [0.5, 0.6) is 0 Å². The van der Waals surface area contributed by atoms with Crippen LogP contribution >= 0.6 is 11.8 Å². The van der Waals surface area contributed by atoms with E-state index in [9.17, 15) is 9.59 Å². The topological polar surface area (TPSA) is 64.0 Å². The van der Waals surface area contributed by atoms with Gasteiger partial charge >= 0.3 is 0 Å². The lowest BCUT2D eigenvalue weighted by atomic mass is 10.0. The van der Waals surface area contributed by atoms with Gasteiger partial charge in [0.15, 0.2) is 5.16 Å². The van der Waals surface area contributed by atoms with Crippen LogP contribution < -0.4 is 10.9 Å². The number of aromatic nitrogens is 2. The zero-order valence-electron chi connectivity index (χ0n) is 16.1. The maximum Gasteiger partial charge on any atom is 0.262 e. The van der Waals surface area contributed by atoms with Crippen LogP contribution in [0.25, 0.3) is 10.9 Å². The molecule has 0 spiro atoms. The number of thioether (sulfide) groups is 1. The molecule has 0 unspecified atom stereocenters. The Morgan fingerprint density at radius 3 is 2.65 bits per heavy atom. The summed E-state index contributed by atoms with van der Waals surface area (Å²) in [5.41, 5.74) is 0.642. The zero-order valence-corrected chi connectivity index (χ0v) is 16.9. The molecule has 26 heavy (non-hydrogen) atoms. The third-order valence-electron chi connectivity index (χ3n) is 4.19. The first-order valence-corrected chi connectivity index (χ1v) is 10.3. The predicted molar refractivity (Wildman–Crippen MR) is 109 cm³/mol. The molecule has 0 saturated heterocycles. The van der Waals surface area contributed by atoms with Gasteiger partial charge in [0.25, 0.3) is 5.56 Å². The number of nitrogens with zero attached hydrogens (tertiary/aromatic N) is 2. The van der Waals surface area contributed by atoms with Crippen LogP contribution in [0.4, 0.5) is 0 Å². The second kappa shape index (κ2) is 9.76. The quantitative estimate of drug-likeness (QED) is 0.534. The van der Waals surface area contributed by atoms with Crippen LogP contribution in [0.3, 0.4) is 0 Å². The van der Waals surface area contributed by atoms with Gasteiger partial charge in [0.05, 0.1) is 16.7 Å². The van der Waals surface area contributed by atoms with Crippen LogP contribution in [0.2, 0.25) is 0 Å². The van der Waals surface area contributed by atoms with Crippen molar-refractivity contribution in [3.05, 3.63) is 34.6 Å². The van der Waals surface area contributed by atoms with Gasteiger partial charge < -0.3 is 5.32 Å². The van der Waals surface area contributed by atoms with E-state index in [-0.39, 0.29) is 23.3 Å². The van der Waals surface area contributed by atoms with Gasteiger partial charge in [-0.1, -0.05) is 44.7 Å². The molecule has 0 bridgehead atoms. The molecule has 1 aromatic heterocycles. The summed E-state index contributed by atoms with van der Waals surface area (Å²) in [6.45, 7) is 9.03. The smallest absolute Gasteiger partial charge is 0.262 e. The van der Waals surface area contributed by atoms with Gasteiger partial charge in [0, 0.05) is 12.6 Å². The van der Waals surface area contributed by atoms with Gasteiger partial charge in [-0.05, 0) is 44.2 Å². The number of rotatable bonds is 9. The SMILES string of the molecule is CCCn1c(SCC(=O)N[C@H](C)CCC(C)C)nc2ccccc2c1=O. The maximum atomic E-state index is 12.7. The van der Waals surface area contributed by atoms with Gasteiger partial charge in [-0.3, -0.25) is 14.2 Å². The summed E-state index contributed by atoms with van der Waals surface area (Å²) in [5.74, 6) is 0.881. The molecule has 1 atom stereocenters. The van der Waals surface area contributed by atoms with Crippen molar-refractivity contribution in [2.75, 3.05) is 5.75 Å². The van der Waals surface area contributed by atoms with Crippen molar-refractivity contribution in [2.45, 2.75) is 64.7 Å². The highest BCUT2D eigenvalue weighted by molar-refractivity contribution is 7.99. The molecule has 5 nitrogen and oxygen atoms in total. The number of nitrogens with one attached hydrogen (secondary N) is 1. The molecule has 1 N–H and O–H groups in total. The zero-order chi connectivity index (χ0) is 19.1. The number of carbonyl (C=O) groups excluding carboxylic acids is 1. The third-order valence-corrected chi connectivity index (χ3v) is 5.17. The van der Waals surface area contributed by atoms with Gasteiger partial charge in [-0.2, -0.15) is 0 Å². The molecule has 6 heteroatoms. The lowest BCUT2D eigenvalue weighted by Crippen LogP contribution is -2.34. The minimum absolute atomic E-state index is 0.0169. The molecule has 142 valence electrons. The Kier molecular flexibility index (Phi) is 7.69. The summed E-state index contributed by atoms with van der Waals surface area (Å²) >= 11 is 1.33. The molecular weight excluding hydrogens is 346 g/mol. The summed E-state index contributed by atoms with van der Waals surface area (Å²) in [6, 6.07) is 7.52. The molecule has 0 aliphatic heterocycles. The van der Waals surface area contributed by atoms with Crippen LogP contribution in [-0.2, 0) is 11.3 Å². The third kappa shape index (κ3) is 5.59. The van der Waals surface area contributed by atoms with E-state index in [0.717, 1.165) is 19.3 Å². The lowest BCUT2D eigenvalue weighted by Gasteiger charge is -2.16. The van der Waals surface area contributed by atoms with E-state index < -0.39 is 0 Å². The normalized spacial score (nSPS) is 12.5. The van der Waals surface area contributed by atoms with Gasteiger partial charge in [-0.15, -0.1) is 0 Å². The predicted octanol–water partition coefficient (Wildman–Crippen LogP) is 3.84. The van der Waals surface area contributed by atoms with E-state index in [1.54, 1.807) is 10.6 Å². The molecule has 1 aromatic carbocycles. The van der Waals surface area contributed by atoms with E-state index in [2.05, 4.69) is 24.1 Å². The lowest BCUT2D eigenvalue weighted by molar-refractivity contribution is -0.119. The number of carbonyl (C=O) groups is 1. The first kappa shape index (κ1) is 20.5. The number of para-hydroxylation sites is 1. The summed E-state index contributed by atoms with van der Waals surface area (Å²) < 4.78 is 1.68. The van der Waals surface area contributed by atoms with Crippen molar-refractivity contribution in [1.29, 1.82) is 0 Å². The summed E-state index contributed by atoms with van der Waals surface area (Å²) in [5, 5.41) is 4.27. The van der Waals surface area contributed by atoms with Crippen molar-refractivity contribution >= 4 is 28.6 Å². The Morgan fingerprint density at radius 1 is 1.23 bits per heavy atom. The van der Waals surface area contributed by atoms with Crippen LogP contribution in [0, 0.1) is 5.92 Å².